The van der Waals surface area contributed by atoms with Crippen LogP contribution in [0.1, 0.15) is 36.0 Å². The van der Waals surface area contributed by atoms with Gasteiger partial charge in [0.1, 0.15) is 0 Å². The molecule has 0 unspecified atom stereocenters. The Morgan fingerprint density at radius 1 is 1.15 bits per heavy atom. The lowest BCUT2D eigenvalue weighted by Crippen LogP contribution is -2.13. The Hall–Kier alpha value is -2.28. The Balaban J connectivity index is 1.75. The smallest absolute Gasteiger partial charge is 0.387 e. The van der Waals surface area contributed by atoms with Gasteiger partial charge in [-0.1, -0.05) is 25.0 Å². The normalized spacial score (nSPS) is 14.4. The van der Waals surface area contributed by atoms with E-state index in [1.54, 1.807) is 11.8 Å². The second kappa shape index (κ2) is 9.08. The first kappa shape index (κ1) is 19.5. The maximum absolute atomic E-state index is 12.6. The van der Waals surface area contributed by atoms with E-state index in [0.29, 0.717) is 10.8 Å². The fourth-order valence-corrected chi connectivity index (χ4v) is 4.39. The van der Waals surface area contributed by atoms with Crippen LogP contribution in [0.25, 0.3) is 0 Å². The van der Waals surface area contributed by atoms with Gasteiger partial charge < -0.3 is 14.8 Å². The monoisotopic (exact) mass is 393 g/mol. The number of anilines is 1. The molecule has 3 rings (SSSR count). The van der Waals surface area contributed by atoms with Crippen LogP contribution in [0.5, 0.6) is 11.5 Å². The third kappa shape index (κ3) is 5.13. The maximum atomic E-state index is 12.6. The Morgan fingerprint density at radius 3 is 2.59 bits per heavy atom. The largest absolute Gasteiger partial charge is 0.493 e. The molecule has 2 aromatic rings. The second-order valence-electron chi connectivity index (χ2n) is 6.22. The second-order valence-corrected chi connectivity index (χ2v) is 7.56. The first-order chi connectivity index (χ1) is 13.1. The number of nitrogens with one attached hydrogen (secondary N) is 1. The number of hydrogen-bond acceptors (Lipinski definition) is 4. The summed E-state index contributed by atoms with van der Waals surface area (Å²) in [6, 6.07) is 11.8. The summed E-state index contributed by atoms with van der Waals surface area (Å²) in [4.78, 5) is 13.7. The molecule has 2 aromatic carbocycles. The van der Waals surface area contributed by atoms with E-state index in [4.69, 9.17) is 4.74 Å². The van der Waals surface area contributed by atoms with E-state index in [9.17, 15) is 13.6 Å². The van der Waals surface area contributed by atoms with Gasteiger partial charge in [-0.2, -0.15) is 8.78 Å². The summed E-state index contributed by atoms with van der Waals surface area (Å²) < 4.78 is 34.3. The lowest BCUT2D eigenvalue weighted by molar-refractivity contribution is -0.0512. The summed E-state index contributed by atoms with van der Waals surface area (Å²) in [6.45, 7) is -2.96. The number of carbonyl (C=O) groups is 1. The van der Waals surface area contributed by atoms with Crippen molar-refractivity contribution in [1.82, 2.24) is 0 Å². The summed E-state index contributed by atoms with van der Waals surface area (Å²) in [5.41, 5.74) is 1.04. The third-order valence-electron chi connectivity index (χ3n) is 4.37. The number of ether oxygens (including phenoxy) is 2. The van der Waals surface area contributed by atoms with E-state index in [0.717, 1.165) is 10.6 Å². The Kier molecular flexibility index (Phi) is 6.55. The topological polar surface area (TPSA) is 47.6 Å². The van der Waals surface area contributed by atoms with Crippen LogP contribution in [-0.4, -0.2) is 24.9 Å². The molecular weight excluding hydrogens is 372 g/mol. The molecule has 0 aliphatic heterocycles. The van der Waals surface area contributed by atoms with E-state index in [1.165, 1.54) is 51.0 Å². The molecule has 0 saturated heterocycles. The number of para-hydroxylation sites is 1. The summed E-state index contributed by atoms with van der Waals surface area (Å²) >= 11 is 1.79. The van der Waals surface area contributed by atoms with Crippen molar-refractivity contribution in [3.63, 3.8) is 0 Å². The van der Waals surface area contributed by atoms with Gasteiger partial charge in [0.25, 0.3) is 5.91 Å². The number of halogens is 2. The van der Waals surface area contributed by atoms with Crippen molar-refractivity contribution in [3.05, 3.63) is 48.0 Å². The SMILES string of the molecule is COc1cc(C(=O)Nc2ccccc2SC2CCCC2)ccc1OC(F)F. The first-order valence-corrected chi connectivity index (χ1v) is 9.64. The lowest BCUT2D eigenvalue weighted by Gasteiger charge is -2.15. The zero-order chi connectivity index (χ0) is 19.2. The predicted molar refractivity (Wildman–Crippen MR) is 102 cm³/mol. The Labute approximate surface area is 161 Å². The van der Waals surface area contributed by atoms with E-state index >= 15 is 0 Å². The summed E-state index contributed by atoms with van der Waals surface area (Å²) in [5.74, 6) is -0.367. The van der Waals surface area contributed by atoms with E-state index < -0.39 is 6.61 Å². The number of carbonyl (C=O) groups excluding carboxylic acids is 1. The highest BCUT2D eigenvalue weighted by Crippen LogP contribution is 2.38. The van der Waals surface area contributed by atoms with Gasteiger partial charge in [-0.25, -0.2) is 0 Å². The zero-order valence-corrected chi connectivity index (χ0v) is 15.7. The Bertz CT molecular complexity index is 795. The molecule has 1 saturated carbocycles. The first-order valence-electron chi connectivity index (χ1n) is 8.76. The molecule has 0 heterocycles. The van der Waals surface area contributed by atoms with Crippen LogP contribution < -0.4 is 14.8 Å². The third-order valence-corrected chi connectivity index (χ3v) is 5.79. The van der Waals surface area contributed by atoms with Gasteiger partial charge in [0.15, 0.2) is 11.5 Å². The van der Waals surface area contributed by atoms with Crippen molar-refractivity contribution in [1.29, 1.82) is 0 Å². The van der Waals surface area contributed by atoms with Crippen LogP contribution in [0, 0.1) is 0 Å². The maximum Gasteiger partial charge on any atom is 0.387 e. The number of benzene rings is 2. The molecular formula is C20H21F2NO3S. The summed E-state index contributed by atoms with van der Waals surface area (Å²) in [6.07, 6.45) is 4.88. The number of amides is 1. The van der Waals surface area contributed by atoms with E-state index in [-0.39, 0.29) is 17.4 Å². The molecule has 27 heavy (non-hydrogen) atoms. The number of rotatable bonds is 7. The van der Waals surface area contributed by atoms with Crippen molar-refractivity contribution in [2.45, 2.75) is 42.4 Å². The Morgan fingerprint density at radius 2 is 1.89 bits per heavy atom. The standard InChI is InChI=1S/C20H21F2NO3S/c1-25-17-12-13(10-11-16(17)26-20(21)22)19(24)23-15-8-4-5-9-18(15)27-14-6-2-3-7-14/h4-5,8-12,14,20H,2-3,6-7H2,1H3,(H,23,24). The molecule has 1 fully saturated rings. The van der Waals surface area contributed by atoms with Gasteiger partial charge in [0, 0.05) is 15.7 Å². The van der Waals surface area contributed by atoms with Crippen molar-refractivity contribution < 1.29 is 23.0 Å². The average Bonchev–Trinajstić information content (AvgIpc) is 3.16. The van der Waals surface area contributed by atoms with Crippen molar-refractivity contribution in [2.75, 3.05) is 12.4 Å². The molecule has 0 spiro atoms. The highest BCUT2D eigenvalue weighted by molar-refractivity contribution is 8.00. The molecule has 0 atom stereocenters. The van der Waals surface area contributed by atoms with Gasteiger partial charge in [-0.05, 0) is 43.2 Å². The molecule has 0 aromatic heterocycles. The molecule has 1 amide bonds. The van der Waals surface area contributed by atoms with Crippen LogP contribution in [0.15, 0.2) is 47.4 Å². The number of alkyl halides is 2. The molecule has 1 aliphatic carbocycles. The van der Waals surface area contributed by atoms with Gasteiger partial charge >= 0.3 is 6.61 Å². The fraction of sp³-hybridized carbons (Fsp3) is 0.350. The van der Waals surface area contributed by atoms with Crippen LogP contribution in [0.4, 0.5) is 14.5 Å². The highest BCUT2D eigenvalue weighted by atomic mass is 32.2. The van der Waals surface area contributed by atoms with Crippen molar-refractivity contribution in [2.24, 2.45) is 0 Å². The van der Waals surface area contributed by atoms with Crippen LogP contribution >= 0.6 is 11.8 Å². The molecule has 4 nitrogen and oxygen atoms in total. The van der Waals surface area contributed by atoms with Gasteiger partial charge in [-0.3, -0.25) is 4.79 Å². The summed E-state index contributed by atoms with van der Waals surface area (Å²) in [5, 5.41) is 3.49. The minimum atomic E-state index is -2.96. The van der Waals surface area contributed by atoms with Gasteiger partial charge in [0.2, 0.25) is 0 Å². The molecule has 7 heteroatoms. The van der Waals surface area contributed by atoms with E-state index in [1.807, 2.05) is 24.3 Å². The molecule has 144 valence electrons. The van der Waals surface area contributed by atoms with Crippen molar-refractivity contribution in [3.8, 4) is 11.5 Å². The highest BCUT2D eigenvalue weighted by Gasteiger charge is 2.19. The number of methoxy groups -OCH3 is 1. The van der Waals surface area contributed by atoms with Crippen molar-refractivity contribution >= 4 is 23.4 Å². The van der Waals surface area contributed by atoms with Gasteiger partial charge in [0.05, 0.1) is 12.8 Å². The van der Waals surface area contributed by atoms with Crippen LogP contribution in [0.3, 0.4) is 0 Å². The minimum Gasteiger partial charge on any atom is -0.493 e. The van der Waals surface area contributed by atoms with Gasteiger partial charge in [-0.15, -0.1) is 11.8 Å². The molecule has 1 aliphatic rings. The molecule has 0 radical (unpaired) electrons. The zero-order valence-electron chi connectivity index (χ0n) is 14.9. The fourth-order valence-electron chi connectivity index (χ4n) is 3.06. The number of thioether (sulfide) groups is 1. The average molecular weight is 393 g/mol. The van der Waals surface area contributed by atoms with E-state index in [2.05, 4.69) is 10.1 Å². The quantitative estimate of drug-likeness (QED) is 0.667. The lowest BCUT2D eigenvalue weighted by atomic mass is 10.2. The van der Waals surface area contributed by atoms with Crippen LogP contribution in [-0.2, 0) is 0 Å². The molecule has 1 N–H and O–H groups in total. The predicted octanol–water partition coefficient (Wildman–Crippen LogP) is 5.58. The minimum absolute atomic E-state index is 0.0802. The summed E-state index contributed by atoms with van der Waals surface area (Å²) in [7, 11) is 1.34. The number of hydrogen-bond donors (Lipinski definition) is 1. The van der Waals surface area contributed by atoms with Crippen LogP contribution in [0.2, 0.25) is 0 Å². The molecule has 0 bridgehead atoms.